The minimum atomic E-state index is 0.729. The number of benzene rings is 1. The van der Waals surface area contributed by atoms with E-state index in [0.717, 1.165) is 17.9 Å². The van der Waals surface area contributed by atoms with Gasteiger partial charge in [-0.3, -0.25) is 9.69 Å². The molecule has 0 fully saturated rings. The summed E-state index contributed by atoms with van der Waals surface area (Å²) in [6, 6.07) is 15.0. The Balaban J connectivity index is 2.01. The van der Waals surface area contributed by atoms with Crippen molar-refractivity contribution in [3.05, 3.63) is 67.1 Å². The van der Waals surface area contributed by atoms with Crippen LogP contribution in [-0.4, -0.2) is 11.4 Å². The standard InChI is InChI=1S/C14H13N3O/c18-12-17(13-6-2-1-3-7-13)11-10-16-14-8-4-5-9-15-14/h1-12H,(H,15,16)/b11-10+. The number of carbonyl (C=O) groups excluding carboxylic acids is 1. The number of rotatable bonds is 5. The average Bonchev–Trinajstić information content (AvgIpc) is 2.46. The summed E-state index contributed by atoms with van der Waals surface area (Å²) in [7, 11) is 0. The fourth-order valence-corrected chi connectivity index (χ4v) is 1.43. The molecular formula is C14H13N3O. The number of hydrogen-bond donors (Lipinski definition) is 1. The lowest BCUT2D eigenvalue weighted by Gasteiger charge is -2.11. The van der Waals surface area contributed by atoms with Gasteiger partial charge in [0.25, 0.3) is 0 Å². The van der Waals surface area contributed by atoms with Crippen LogP contribution in [0.25, 0.3) is 0 Å². The Hall–Kier alpha value is -2.62. The molecule has 0 saturated carbocycles. The Morgan fingerprint density at radius 2 is 1.83 bits per heavy atom. The third-order valence-corrected chi connectivity index (χ3v) is 2.30. The minimum Gasteiger partial charge on any atom is -0.345 e. The molecule has 0 atom stereocenters. The van der Waals surface area contributed by atoms with E-state index in [4.69, 9.17) is 0 Å². The lowest BCUT2D eigenvalue weighted by atomic mass is 10.3. The monoisotopic (exact) mass is 239 g/mol. The lowest BCUT2D eigenvalue weighted by molar-refractivity contribution is -0.106. The first kappa shape index (κ1) is 11.9. The van der Waals surface area contributed by atoms with Crippen molar-refractivity contribution >= 4 is 17.9 Å². The van der Waals surface area contributed by atoms with Crippen LogP contribution in [0.4, 0.5) is 11.5 Å². The molecule has 0 saturated heterocycles. The predicted octanol–water partition coefficient (Wildman–Crippen LogP) is 2.63. The summed E-state index contributed by atoms with van der Waals surface area (Å²) >= 11 is 0. The first-order valence-corrected chi connectivity index (χ1v) is 5.53. The van der Waals surface area contributed by atoms with E-state index in [2.05, 4.69) is 10.3 Å². The van der Waals surface area contributed by atoms with Gasteiger partial charge in [-0.25, -0.2) is 4.98 Å². The van der Waals surface area contributed by atoms with E-state index >= 15 is 0 Å². The third-order valence-electron chi connectivity index (χ3n) is 2.30. The molecule has 0 bridgehead atoms. The number of aromatic nitrogens is 1. The first-order chi connectivity index (χ1) is 8.90. The molecule has 1 N–H and O–H groups in total. The highest BCUT2D eigenvalue weighted by atomic mass is 16.1. The van der Waals surface area contributed by atoms with Gasteiger partial charge in [0, 0.05) is 24.3 Å². The Kier molecular flexibility index (Phi) is 4.08. The van der Waals surface area contributed by atoms with Crippen LogP contribution < -0.4 is 10.2 Å². The molecule has 1 heterocycles. The van der Waals surface area contributed by atoms with Gasteiger partial charge < -0.3 is 5.32 Å². The quantitative estimate of drug-likeness (QED) is 0.816. The largest absolute Gasteiger partial charge is 0.345 e. The van der Waals surface area contributed by atoms with Gasteiger partial charge in [0.2, 0.25) is 6.41 Å². The second-order valence-corrected chi connectivity index (χ2v) is 3.52. The molecule has 90 valence electrons. The van der Waals surface area contributed by atoms with Crippen molar-refractivity contribution in [1.82, 2.24) is 4.98 Å². The number of carbonyl (C=O) groups is 1. The molecule has 4 heteroatoms. The second kappa shape index (κ2) is 6.20. The van der Waals surface area contributed by atoms with Crippen molar-refractivity contribution in [2.24, 2.45) is 0 Å². The molecule has 0 spiro atoms. The van der Waals surface area contributed by atoms with Gasteiger partial charge in [0.1, 0.15) is 5.82 Å². The van der Waals surface area contributed by atoms with Gasteiger partial charge >= 0.3 is 0 Å². The Morgan fingerprint density at radius 1 is 1.06 bits per heavy atom. The Bertz CT molecular complexity index is 511. The van der Waals surface area contributed by atoms with Crippen molar-refractivity contribution in [3.8, 4) is 0 Å². The Morgan fingerprint density at radius 3 is 2.50 bits per heavy atom. The molecule has 4 nitrogen and oxygen atoms in total. The van der Waals surface area contributed by atoms with E-state index in [9.17, 15) is 4.79 Å². The van der Waals surface area contributed by atoms with Gasteiger partial charge in [0.15, 0.2) is 0 Å². The van der Waals surface area contributed by atoms with Crippen molar-refractivity contribution in [2.45, 2.75) is 0 Å². The third kappa shape index (κ3) is 3.18. The predicted molar refractivity (Wildman–Crippen MR) is 72.0 cm³/mol. The van der Waals surface area contributed by atoms with E-state index in [-0.39, 0.29) is 0 Å². The summed E-state index contributed by atoms with van der Waals surface area (Å²) < 4.78 is 0. The maximum atomic E-state index is 11.0. The molecule has 18 heavy (non-hydrogen) atoms. The summed E-state index contributed by atoms with van der Waals surface area (Å²) in [4.78, 5) is 16.6. The number of hydrogen-bond acceptors (Lipinski definition) is 3. The van der Waals surface area contributed by atoms with Gasteiger partial charge in [-0.15, -0.1) is 0 Å². The fraction of sp³-hybridized carbons (Fsp3) is 0. The van der Waals surface area contributed by atoms with Crippen LogP contribution in [0.2, 0.25) is 0 Å². The zero-order valence-corrected chi connectivity index (χ0v) is 9.73. The van der Waals surface area contributed by atoms with Gasteiger partial charge in [-0.05, 0) is 24.3 Å². The number of anilines is 2. The smallest absolute Gasteiger partial charge is 0.218 e. The van der Waals surface area contributed by atoms with Crippen LogP contribution in [0.5, 0.6) is 0 Å². The van der Waals surface area contributed by atoms with Crippen LogP contribution in [0, 0.1) is 0 Å². The number of nitrogens with one attached hydrogen (secondary N) is 1. The summed E-state index contributed by atoms with van der Waals surface area (Å²) in [5.74, 6) is 0.729. The van der Waals surface area contributed by atoms with Crippen LogP contribution in [0.15, 0.2) is 67.1 Å². The van der Waals surface area contributed by atoms with Crippen LogP contribution >= 0.6 is 0 Å². The topological polar surface area (TPSA) is 45.2 Å². The lowest BCUT2D eigenvalue weighted by Crippen LogP contribution is -2.13. The van der Waals surface area contributed by atoms with Crippen molar-refractivity contribution in [3.63, 3.8) is 0 Å². The first-order valence-electron chi connectivity index (χ1n) is 5.53. The Labute approximate surface area is 106 Å². The van der Waals surface area contributed by atoms with Crippen LogP contribution in [0.1, 0.15) is 0 Å². The molecule has 0 aliphatic carbocycles. The van der Waals surface area contributed by atoms with Crippen molar-refractivity contribution in [1.29, 1.82) is 0 Å². The van der Waals surface area contributed by atoms with E-state index in [1.54, 1.807) is 18.6 Å². The fourth-order valence-electron chi connectivity index (χ4n) is 1.43. The van der Waals surface area contributed by atoms with Gasteiger partial charge in [-0.1, -0.05) is 24.3 Å². The zero-order chi connectivity index (χ0) is 12.6. The molecule has 1 aromatic carbocycles. The molecule has 1 aromatic heterocycles. The van der Waals surface area contributed by atoms with Crippen molar-refractivity contribution < 1.29 is 4.79 Å². The highest BCUT2D eigenvalue weighted by Gasteiger charge is 1.98. The summed E-state index contributed by atoms with van der Waals surface area (Å²) in [6.45, 7) is 0. The minimum absolute atomic E-state index is 0.729. The molecule has 0 radical (unpaired) electrons. The molecule has 0 unspecified atom stereocenters. The number of amides is 1. The van der Waals surface area contributed by atoms with Gasteiger partial charge in [0.05, 0.1) is 0 Å². The normalized spacial score (nSPS) is 10.2. The molecule has 0 aliphatic heterocycles. The maximum Gasteiger partial charge on any atom is 0.218 e. The summed E-state index contributed by atoms with van der Waals surface area (Å²) in [5, 5.41) is 2.99. The van der Waals surface area contributed by atoms with E-state index in [0.29, 0.717) is 0 Å². The number of nitrogens with zero attached hydrogens (tertiary/aromatic N) is 2. The van der Waals surface area contributed by atoms with E-state index in [1.807, 2.05) is 48.5 Å². The summed E-state index contributed by atoms with van der Waals surface area (Å²) in [6.07, 6.45) is 5.78. The zero-order valence-electron chi connectivity index (χ0n) is 9.73. The highest BCUT2D eigenvalue weighted by Crippen LogP contribution is 2.11. The molecule has 2 rings (SSSR count). The summed E-state index contributed by atoms with van der Waals surface area (Å²) in [5.41, 5.74) is 0.812. The average molecular weight is 239 g/mol. The molecular weight excluding hydrogens is 226 g/mol. The number of para-hydroxylation sites is 1. The van der Waals surface area contributed by atoms with Crippen molar-refractivity contribution in [2.75, 3.05) is 10.2 Å². The van der Waals surface area contributed by atoms with Crippen LogP contribution in [0.3, 0.4) is 0 Å². The van der Waals surface area contributed by atoms with E-state index in [1.165, 1.54) is 4.90 Å². The SMILES string of the molecule is O=CN(/C=C/Nc1ccccn1)c1ccccc1. The van der Waals surface area contributed by atoms with E-state index < -0.39 is 0 Å². The van der Waals surface area contributed by atoms with Gasteiger partial charge in [-0.2, -0.15) is 0 Å². The highest BCUT2D eigenvalue weighted by molar-refractivity contribution is 5.77. The second-order valence-electron chi connectivity index (χ2n) is 3.52. The number of pyridine rings is 1. The molecule has 2 aromatic rings. The maximum absolute atomic E-state index is 11.0. The molecule has 0 aliphatic rings. The van der Waals surface area contributed by atoms with Crippen LogP contribution in [-0.2, 0) is 4.79 Å². The molecule has 1 amide bonds.